The minimum atomic E-state index is 0.392. The lowest BCUT2D eigenvalue weighted by atomic mass is 9.92. The van der Waals surface area contributed by atoms with Gasteiger partial charge in [0.15, 0.2) is 5.96 Å². The zero-order valence-corrected chi connectivity index (χ0v) is 7.59. The quantitative estimate of drug-likeness (QED) is 0.376. The molecule has 1 fully saturated rings. The summed E-state index contributed by atoms with van der Waals surface area (Å²) >= 11 is 0. The second-order valence-corrected chi connectivity index (χ2v) is 3.36. The van der Waals surface area contributed by atoms with Crippen molar-refractivity contribution in [1.29, 1.82) is 0 Å². The van der Waals surface area contributed by atoms with Crippen molar-refractivity contribution < 1.29 is 0 Å². The fourth-order valence-electron chi connectivity index (χ4n) is 1.54. The largest absolute Gasteiger partial charge is 0.370 e. The number of nitrogens with zero attached hydrogens (tertiary/aromatic N) is 1. The maximum Gasteiger partial charge on any atom is 0.188 e. The average molecular weight is 170 g/mol. The van der Waals surface area contributed by atoms with Gasteiger partial charge in [-0.3, -0.25) is 4.99 Å². The Morgan fingerprint density at radius 1 is 1.33 bits per heavy atom. The summed E-state index contributed by atoms with van der Waals surface area (Å²) in [5.41, 5.74) is 11.3. The van der Waals surface area contributed by atoms with E-state index < -0.39 is 0 Å². The maximum absolute atomic E-state index is 5.77. The van der Waals surface area contributed by atoms with Crippen molar-refractivity contribution in [1.82, 2.24) is 5.32 Å². The second-order valence-electron chi connectivity index (χ2n) is 3.36. The van der Waals surface area contributed by atoms with Gasteiger partial charge in [0, 0.05) is 19.1 Å². The van der Waals surface area contributed by atoms with Crippen LogP contribution >= 0.6 is 0 Å². The second kappa shape index (κ2) is 4.30. The first-order valence-electron chi connectivity index (χ1n) is 4.46. The zero-order valence-electron chi connectivity index (χ0n) is 7.59. The van der Waals surface area contributed by atoms with Gasteiger partial charge < -0.3 is 16.8 Å². The lowest BCUT2D eigenvalue weighted by Crippen LogP contribution is -2.43. The van der Waals surface area contributed by atoms with Crippen molar-refractivity contribution in [2.75, 3.05) is 7.05 Å². The Hall–Kier alpha value is -0.770. The van der Waals surface area contributed by atoms with Gasteiger partial charge in [0.05, 0.1) is 0 Å². The number of guanidine groups is 1. The molecule has 0 saturated heterocycles. The van der Waals surface area contributed by atoms with Gasteiger partial charge in [0.1, 0.15) is 0 Å². The van der Waals surface area contributed by atoms with Gasteiger partial charge in [0.25, 0.3) is 0 Å². The maximum atomic E-state index is 5.77. The molecule has 0 atom stereocenters. The molecule has 1 rings (SSSR count). The normalized spacial score (nSPS) is 31.7. The van der Waals surface area contributed by atoms with E-state index in [1.165, 1.54) is 0 Å². The minimum Gasteiger partial charge on any atom is -0.370 e. The Bertz CT molecular complexity index is 158. The molecule has 0 unspecified atom stereocenters. The van der Waals surface area contributed by atoms with Crippen LogP contribution in [-0.4, -0.2) is 25.1 Å². The van der Waals surface area contributed by atoms with Crippen molar-refractivity contribution in [3.63, 3.8) is 0 Å². The summed E-state index contributed by atoms with van der Waals surface area (Å²) in [7, 11) is 1.69. The monoisotopic (exact) mass is 170 g/mol. The van der Waals surface area contributed by atoms with Crippen molar-refractivity contribution in [2.45, 2.75) is 37.8 Å². The first kappa shape index (κ1) is 9.32. The lowest BCUT2D eigenvalue weighted by Gasteiger charge is -2.26. The Labute approximate surface area is 73.4 Å². The highest BCUT2D eigenvalue weighted by molar-refractivity contribution is 5.77. The summed E-state index contributed by atoms with van der Waals surface area (Å²) in [5, 5.41) is 3.16. The molecular formula is C8H18N4. The number of rotatable bonds is 1. The molecule has 0 heterocycles. The Morgan fingerprint density at radius 3 is 2.42 bits per heavy atom. The fourth-order valence-corrected chi connectivity index (χ4v) is 1.54. The van der Waals surface area contributed by atoms with Gasteiger partial charge in [0.2, 0.25) is 0 Å². The van der Waals surface area contributed by atoms with Crippen LogP contribution in [-0.2, 0) is 0 Å². The van der Waals surface area contributed by atoms with Crippen LogP contribution < -0.4 is 16.8 Å². The third kappa shape index (κ3) is 2.70. The third-order valence-electron chi connectivity index (χ3n) is 2.36. The molecule has 1 aliphatic carbocycles. The molecule has 4 nitrogen and oxygen atoms in total. The molecular weight excluding hydrogens is 152 g/mol. The minimum absolute atomic E-state index is 0.392. The van der Waals surface area contributed by atoms with Gasteiger partial charge >= 0.3 is 0 Å². The van der Waals surface area contributed by atoms with E-state index in [-0.39, 0.29) is 0 Å². The first-order valence-corrected chi connectivity index (χ1v) is 4.46. The fraction of sp³-hybridized carbons (Fsp3) is 0.875. The summed E-state index contributed by atoms with van der Waals surface area (Å²) in [6.45, 7) is 0. The van der Waals surface area contributed by atoms with E-state index in [0.29, 0.717) is 18.0 Å². The topological polar surface area (TPSA) is 76.4 Å². The molecule has 0 radical (unpaired) electrons. The van der Waals surface area contributed by atoms with E-state index in [2.05, 4.69) is 10.3 Å². The predicted molar refractivity (Wildman–Crippen MR) is 50.9 cm³/mol. The van der Waals surface area contributed by atoms with Crippen LogP contribution in [0.25, 0.3) is 0 Å². The summed E-state index contributed by atoms with van der Waals surface area (Å²) < 4.78 is 0. The molecule has 4 heteroatoms. The highest BCUT2D eigenvalue weighted by Crippen LogP contribution is 2.16. The van der Waals surface area contributed by atoms with E-state index in [9.17, 15) is 0 Å². The molecule has 1 aliphatic rings. The molecule has 70 valence electrons. The molecule has 0 bridgehead atoms. The summed E-state index contributed by atoms with van der Waals surface area (Å²) in [6, 6.07) is 0.872. The molecule has 5 N–H and O–H groups in total. The smallest absolute Gasteiger partial charge is 0.188 e. The molecule has 0 aromatic heterocycles. The Kier molecular flexibility index (Phi) is 3.34. The van der Waals surface area contributed by atoms with Crippen molar-refractivity contribution in [3.05, 3.63) is 0 Å². The highest BCUT2D eigenvalue weighted by atomic mass is 15.1. The summed E-state index contributed by atoms with van der Waals surface area (Å²) in [6.07, 6.45) is 4.40. The van der Waals surface area contributed by atoms with Crippen LogP contribution in [0, 0.1) is 0 Å². The predicted octanol–water partition coefficient (Wildman–Crippen LogP) is -0.210. The Morgan fingerprint density at radius 2 is 1.92 bits per heavy atom. The van der Waals surface area contributed by atoms with Crippen molar-refractivity contribution in [3.8, 4) is 0 Å². The number of aliphatic imine (C=N–C) groups is 1. The highest BCUT2D eigenvalue weighted by Gasteiger charge is 2.18. The first-order chi connectivity index (χ1) is 5.72. The zero-order chi connectivity index (χ0) is 8.97. The molecule has 0 spiro atoms. The van der Waals surface area contributed by atoms with E-state index >= 15 is 0 Å². The van der Waals surface area contributed by atoms with Crippen LogP contribution in [0.4, 0.5) is 0 Å². The van der Waals surface area contributed by atoms with Crippen LogP contribution in [0.5, 0.6) is 0 Å². The van der Waals surface area contributed by atoms with Crippen LogP contribution in [0.1, 0.15) is 25.7 Å². The summed E-state index contributed by atoms with van der Waals surface area (Å²) in [4.78, 5) is 3.85. The van der Waals surface area contributed by atoms with Crippen molar-refractivity contribution >= 4 is 5.96 Å². The van der Waals surface area contributed by atoms with Gasteiger partial charge in [-0.1, -0.05) is 0 Å². The molecule has 12 heavy (non-hydrogen) atoms. The Balaban J connectivity index is 2.26. The van der Waals surface area contributed by atoms with Gasteiger partial charge in [-0.2, -0.15) is 0 Å². The molecule has 1 saturated carbocycles. The SMILES string of the molecule is CN=C(N)NC1CCC(N)CC1. The summed E-state index contributed by atoms with van der Waals surface area (Å²) in [5.74, 6) is 0.537. The van der Waals surface area contributed by atoms with E-state index in [1.54, 1.807) is 7.05 Å². The molecule has 0 aromatic rings. The molecule has 0 aromatic carbocycles. The number of nitrogens with two attached hydrogens (primary N) is 2. The van der Waals surface area contributed by atoms with Gasteiger partial charge in [-0.05, 0) is 25.7 Å². The van der Waals surface area contributed by atoms with E-state index in [1.807, 2.05) is 0 Å². The number of hydrogen-bond donors (Lipinski definition) is 3. The number of hydrogen-bond acceptors (Lipinski definition) is 2. The van der Waals surface area contributed by atoms with Crippen molar-refractivity contribution in [2.24, 2.45) is 16.5 Å². The lowest BCUT2D eigenvalue weighted by molar-refractivity contribution is 0.372. The van der Waals surface area contributed by atoms with E-state index in [0.717, 1.165) is 25.7 Å². The van der Waals surface area contributed by atoms with Crippen LogP contribution in [0.15, 0.2) is 4.99 Å². The average Bonchev–Trinajstić information content (AvgIpc) is 2.09. The number of nitrogens with one attached hydrogen (secondary N) is 1. The standard InChI is InChI=1S/C8H18N4/c1-11-8(10)12-7-4-2-6(9)3-5-7/h6-7H,2-5,9H2,1H3,(H3,10,11,12). The molecule has 0 aliphatic heterocycles. The van der Waals surface area contributed by atoms with E-state index in [4.69, 9.17) is 11.5 Å². The third-order valence-corrected chi connectivity index (χ3v) is 2.36. The van der Waals surface area contributed by atoms with Crippen LogP contribution in [0.2, 0.25) is 0 Å². The van der Waals surface area contributed by atoms with Crippen LogP contribution in [0.3, 0.4) is 0 Å². The molecule has 0 amide bonds. The van der Waals surface area contributed by atoms with Gasteiger partial charge in [-0.25, -0.2) is 0 Å². The van der Waals surface area contributed by atoms with Gasteiger partial charge in [-0.15, -0.1) is 0 Å².